The van der Waals surface area contributed by atoms with Crippen LogP contribution in [-0.2, 0) is 9.59 Å². The van der Waals surface area contributed by atoms with Crippen molar-refractivity contribution >= 4 is 44.1 Å². The summed E-state index contributed by atoms with van der Waals surface area (Å²) in [5, 5.41) is 11.5. The third-order valence-corrected chi connectivity index (χ3v) is 7.17. The summed E-state index contributed by atoms with van der Waals surface area (Å²) in [6.07, 6.45) is 0. The number of ether oxygens (including phenoxy) is 3. The van der Waals surface area contributed by atoms with Crippen molar-refractivity contribution in [3.8, 4) is 17.2 Å². The molecule has 1 unspecified atom stereocenters. The number of fused-ring (bicyclic) bond motifs is 1. The summed E-state index contributed by atoms with van der Waals surface area (Å²) in [7, 11) is 3.00. The number of carbonyl (C=O) groups is 2. The largest absolute Gasteiger partial charge is 0.507 e. The van der Waals surface area contributed by atoms with Crippen LogP contribution in [0.2, 0.25) is 0 Å². The number of thiazole rings is 1. The van der Waals surface area contributed by atoms with E-state index in [-0.39, 0.29) is 16.5 Å². The second-order valence-electron chi connectivity index (χ2n) is 8.35. The maximum Gasteiger partial charge on any atom is 0.301 e. The van der Waals surface area contributed by atoms with Crippen molar-refractivity contribution < 1.29 is 33.3 Å². The molecule has 1 aliphatic rings. The number of halogens is 1. The van der Waals surface area contributed by atoms with Crippen LogP contribution in [0.1, 0.15) is 24.1 Å². The first-order valence-corrected chi connectivity index (χ1v) is 12.5. The topological polar surface area (TPSA) is 98.2 Å². The fraction of sp³-hybridized carbons (Fsp3) is 0.179. The Balaban J connectivity index is 1.72. The van der Waals surface area contributed by atoms with Crippen LogP contribution in [0.4, 0.5) is 9.52 Å². The Kier molecular flexibility index (Phi) is 6.73. The molecule has 1 atom stereocenters. The van der Waals surface area contributed by atoms with Crippen LogP contribution in [0, 0.1) is 5.82 Å². The summed E-state index contributed by atoms with van der Waals surface area (Å²) >= 11 is 1.07. The van der Waals surface area contributed by atoms with Crippen molar-refractivity contribution in [2.45, 2.75) is 13.0 Å². The fourth-order valence-corrected chi connectivity index (χ4v) is 5.39. The summed E-state index contributed by atoms with van der Waals surface area (Å²) in [5.74, 6) is -1.08. The first-order chi connectivity index (χ1) is 18.4. The number of rotatable bonds is 7. The molecular weight excluding hydrogens is 511 g/mol. The highest BCUT2D eigenvalue weighted by atomic mass is 32.1. The zero-order chi connectivity index (χ0) is 27.0. The van der Waals surface area contributed by atoms with Crippen molar-refractivity contribution in [3.63, 3.8) is 0 Å². The summed E-state index contributed by atoms with van der Waals surface area (Å²) in [4.78, 5) is 32.6. The Hall–Kier alpha value is -4.44. The summed E-state index contributed by atoms with van der Waals surface area (Å²) in [5.41, 5.74) is 1.19. The van der Waals surface area contributed by atoms with Gasteiger partial charge in [-0.1, -0.05) is 17.4 Å². The molecule has 0 radical (unpaired) electrons. The van der Waals surface area contributed by atoms with Crippen molar-refractivity contribution in [2.75, 3.05) is 25.7 Å². The molecule has 2 heterocycles. The van der Waals surface area contributed by atoms with E-state index in [1.165, 1.54) is 37.3 Å². The lowest BCUT2D eigenvalue weighted by Crippen LogP contribution is -2.29. The van der Waals surface area contributed by atoms with E-state index < -0.39 is 23.5 Å². The average molecular weight is 535 g/mol. The smallest absolute Gasteiger partial charge is 0.301 e. The van der Waals surface area contributed by atoms with E-state index in [0.29, 0.717) is 45.2 Å². The average Bonchev–Trinajstić information content (AvgIpc) is 3.46. The lowest BCUT2D eigenvalue weighted by molar-refractivity contribution is -0.132. The molecular formula is C28H23FN2O6S. The van der Waals surface area contributed by atoms with Gasteiger partial charge in [-0.25, -0.2) is 9.37 Å². The van der Waals surface area contributed by atoms with Crippen LogP contribution in [-0.4, -0.2) is 42.6 Å². The van der Waals surface area contributed by atoms with Crippen molar-refractivity contribution in [1.29, 1.82) is 0 Å². The Labute approximate surface area is 221 Å². The third kappa shape index (κ3) is 4.32. The molecule has 1 aliphatic heterocycles. The molecule has 38 heavy (non-hydrogen) atoms. The molecule has 10 heteroatoms. The van der Waals surface area contributed by atoms with E-state index >= 15 is 0 Å². The molecule has 1 fully saturated rings. The predicted molar refractivity (Wildman–Crippen MR) is 142 cm³/mol. The lowest BCUT2D eigenvalue weighted by Gasteiger charge is -2.24. The van der Waals surface area contributed by atoms with Gasteiger partial charge in [0.25, 0.3) is 5.78 Å². The number of amides is 1. The molecule has 1 N–H and O–H groups in total. The number of Topliss-reactive ketones (excluding diaryl/α,β-unsaturated/α-hetero) is 1. The number of nitrogens with zero attached hydrogens (tertiary/aromatic N) is 2. The van der Waals surface area contributed by atoms with Crippen LogP contribution < -0.4 is 19.1 Å². The van der Waals surface area contributed by atoms with Gasteiger partial charge >= 0.3 is 5.91 Å². The number of benzene rings is 3. The number of carbonyl (C=O) groups excluding carboxylic acids is 2. The van der Waals surface area contributed by atoms with E-state index in [9.17, 15) is 19.1 Å². The van der Waals surface area contributed by atoms with Gasteiger partial charge < -0.3 is 19.3 Å². The summed E-state index contributed by atoms with van der Waals surface area (Å²) < 4.78 is 30.7. The van der Waals surface area contributed by atoms with Gasteiger partial charge in [-0.15, -0.1) is 0 Å². The molecule has 0 saturated carbocycles. The Morgan fingerprint density at radius 3 is 2.47 bits per heavy atom. The maximum atomic E-state index is 13.9. The standard InChI is InChI=1S/C28H23FN2O6S/c1-4-37-20-12-7-16(13-21(20)36-3)24-23(25(32)15-5-9-18(35-2)10-6-15)26(33)27(34)31(24)28-30-19-11-8-17(29)14-22(19)38-28/h5-14,24,32H,4H2,1-3H3. The van der Waals surface area contributed by atoms with Gasteiger partial charge in [0, 0.05) is 5.56 Å². The zero-order valence-corrected chi connectivity index (χ0v) is 21.5. The third-order valence-electron chi connectivity index (χ3n) is 6.16. The lowest BCUT2D eigenvalue weighted by atomic mass is 9.95. The number of aliphatic hydroxyl groups is 1. The number of hydrogen-bond acceptors (Lipinski definition) is 8. The van der Waals surface area contributed by atoms with Gasteiger partial charge in [-0.3, -0.25) is 14.5 Å². The van der Waals surface area contributed by atoms with Crippen LogP contribution in [0.25, 0.3) is 16.0 Å². The fourth-order valence-electron chi connectivity index (χ4n) is 4.37. The van der Waals surface area contributed by atoms with Crippen LogP contribution in [0.5, 0.6) is 17.2 Å². The van der Waals surface area contributed by atoms with Crippen LogP contribution in [0.3, 0.4) is 0 Å². The minimum absolute atomic E-state index is 0.114. The number of ketones is 1. The first-order valence-electron chi connectivity index (χ1n) is 11.7. The second-order valence-corrected chi connectivity index (χ2v) is 9.36. The van der Waals surface area contributed by atoms with Gasteiger partial charge in [0.1, 0.15) is 17.3 Å². The van der Waals surface area contributed by atoms with Crippen LogP contribution in [0.15, 0.2) is 66.2 Å². The normalized spacial score (nSPS) is 16.7. The molecule has 194 valence electrons. The molecule has 5 rings (SSSR count). The molecule has 1 aromatic heterocycles. The quantitative estimate of drug-likeness (QED) is 0.191. The highest BCUT2D eigenvalue weighted by Crippen LogP contribution is 2.46. The molecule has 1 saturated heterocycles. The minimum atomic E-state index is -1.04. The number of methoxy groups -OCH3 is 2. The number of aromatic nitrogens is 1. The van der Waals surface area contributed by atoms with Crippen molar-refractivity contribution in [1.82, 2.24) is 4.98 Å². The molecule has 4 aromatic rings. The van der Waals surface area contributed by atoms with Gasteiger partial charge in [-0.05, 0) is 67.1 Å². The van der Waals surface area contributed by atoms with E-state index in [0.717, 1.165) is 11.3 Å². The van der Waals surface area contributed by atoms with E-state index in [1.54, 1.807) is 42.5 Å². The highest BCUT2D eigenvalue weighted by molar-refractivity contribution is 7.22. The predicted octanol–water partition coefficient (Wildman–Crippen LogP) is 5.48. The minimum Gasteiger partial charge on any atom is -0.507 e. The SMILES string of the molecule is CCOc1ccc(C2C(=C(O)c3ccc(OC)cc3)C(=O)C(=O)N2c2nc3ccc(F)cc3s2)cc1OC. The van der Waals surface area contributed by atoms with Crippen molar-refractivity contribution in [3.05, 3.63) is 83.2 Å². The monoisotopic (exact) mass is 534 g/mol. The Morgan fingerprint density at radius 1 is 1.03 bits per heavy atom. The molecule has 1 amide bonds. The summed E-state index contributed by atoms with van der Waals surface area (Å²) in [6.45, 7) is 2.25. The Morgan fingerprint density at radius 2 is 1.79 bits per heavy atom. The molecule has 0 bridgehead atoms. The van der Waals surface area contributed by atoms with Crippen molar-refractivity contribution in [2.24, 2.45) is 0 Å². The second kappa shape index (κ2) is 10.1. The molecule has 3 aromatic carbocycles. The van der Waals surface area contributed by atoms with Gasteiger partial charge in [0.05, 0.1) is 42.7 Å². The number of hydrogen-bond donors (Lipinski definition) is 1. The number of anilines is 1. The maximum absolute atomic E-state index is 13.9. The first kappa shape index (κ1) is 25.2. The Bertz CT molecular complexity index is 1580. The van der Waals surface area contributed by atoms with Gasteiger partial charge in [-0.2, -0.15) is 0 Å². The van der Waals surface area contributed by atoms with E-state index in [2.05, 4.69) is 4.98 Å². The van der Waals surface area contributed by atoms with Gasteiger partial charge in [0.2, 0.25) is 0 Å². The van der Waals surface area contributed by atoms with Crippen LogP contribution >= 0.6 is 11.3 Å². The van der Waals surface area contributed by atoms with E-state index in [4.69, 9.17) is 14.2 Å². The zero-order valence-electron chi connectivity index (χ0n) is 20.7. The molecule has 8 nitrogen and oxygen atoms in total. The van der Waals surface area contributed by atoms with Gasteiger partial charge in [0.15, 0.2) is 16.6 Å². The number of aliphatic hydroxyl groups excluding tert-OH is 1. The summed E-state index contributed by atoms with van der Waals surface area (Å²) in [6, 6.07) is 14.6. The highest BCUT2D eigenvalue weighted by Gasteiger charge is 2.48. The molecule has 0 aliphatic carbocycles. The molecule has 0 spiro atoms. The van der Waals surface area contributed by atoms with E-state index in [1.807, 2.05) is 6.92 Å².